The first-order valence-electron chi connectivity index (χ1n) is 5.58. The van der Waals surface area contributed by atoms with Crippen LogP contribution >= 0.6 is 33.9 Å². The van der Waals surface area contributed by atoms with Crippen LogP contribution in [0.25, 0.3) is 0 Å². The molecule has 21 heavy (non-hydrogen) atoms. The molecule has 2 aromatic carbocycles. The van der Waals surface area contributed by atoms with E-state index >= 15 is 0 Å². The van der Waals surface area contributed by atoms with E-state index in [4.69, 9.17) is 33.9 Å². The third-order valence-electron chi connectivity index (χ3n) is 2.52. The van der Waals surface area contributed by atoms with Crippen LogP contribution in [0.1, 0.15) is 10.4 Å². The number of hydrogen-bond donors (Lipinski definition) is 1. The molecule has 1 amide bonds. The summed E-state index contributed by atoms with van der Waals surface area (Å²) in [6, 6.07) is 9.91. The predicted molar refractivity (Wildman–Crippen MR) is 83.9 cm³/mol. The maximum absolute atomic E-state index is 12.0. The standard InChI is InChI=1S/C13H8Cl3NO3S/c14-9-5-8(6-10(15)7-9)13(18)17-11-1-3-12(4-2-11)21(16,19)20/h1-7H,(H,17,18). The highest BCUT2D eigenvalue weighted by Gasteiger charge is 2.11. The molecule has 0 fully saturated rings. The topological polar surface area (TPSA) is 63.2 Å². The molecule has 0 heterocycles. The summed E-state index contributed by atoms with van der Waals surface area (Å²) in [5.41, 5.74) is 0.710. The molecule has 0 saturated heterocycles. The van der Waals surface area contributed by atoms with E-state index in [9.17, 15) is 13.2 Å². The Morgan fingerprint density at radius 2 is 1.48 bits per heavy atom. The molecule has 0 aromatic heterocycles. The van der Waals surface area contributed by atoms with Crippen molar-refractivity contribution in [3.8, 4) is 0 Å². The van der Waals surface area contributed by atoms with Gasteiger partial charge in [0.1, 0.15) is 0 Å². The fourth-order valence-corrected chi connectivity index (χ4v) is 2.88. The van der Waals surface area contributed by atoms with Crippen LogP contribution in [0, 0.1) is 0 Å². The van der Waals surface area contributed by atoms with Gasteiger partial charge in [0.15, 0.2) is 0 Å². The van der Waals surface area contributed by atoms with Gasteiger partial charge in [-0.1, -0.05) is 23.2 Å². The van der Waals surface area contributed by atoms with Gasteiger partial charge in [0.25, 0.3) is 15.0 Å². The molecular formula is C13H8Cl3NO3S. The number of nitrogens with one attached hydrogen (secondary N) is 1. The number of hydrogen-bond acceptors (Lipinski definition) is 3. The van der Waals surface area contributed by atoms with Gasteiger partial charge in [-0.15, -0.1) is 0 Å². The van der Waals surface area contributed by atoms with Gasteiger partial charge in [-0.3, -0.25) is 4.79 Å². The van der Waals surface area contributed by atoms with Crippen molar-refractivity contribution in [3.63, 3.8) is 0 Å². The lowest BCUT2D eigenvalue weighted by atomic mass is 10.2. The minimum Gasteiger partial charge on any atom is -0.322 e. The Labute approximate surface area is 136 Å². The van der Waals surface area contributed by atoms with Gasteiger partial charge < -0.3 is 5.32 Å². The smallest absolute Gasteiger partial charge is 0.261 e. The Hall–Kier alpha value is -1.27. The number of rotatable bonds is 3. The molecule has 0 atom stereocenters. The van der Waals surface area contributed by atoms with Crippen molar-refractivity contribution in [2.75, 3.05) is 5.32 Å². The molecule has 0 radical (unpaired) electrons. The van der Waals surface area contributed by atoms with Crippen molar-refractivity contribution in [3.05, 3.63) is 58.1 Å². The number of anilines is 1. The summed E-state index contributed by atoms with van der Waals surface area (Å²) in [5.74, 6) is -0.416. The second-order valence-corrected chi connectivity index (χ2v) is 7.51. The van der Waals surface area contributed by atoms with Gasteiger partial charge in [-0.25, -0.2) is 8.42 Å². The summed E-state index contributed by atoms with van der Waals surface area (Å²) in [5, 5.41) is 3.28. The largest absolute Gasteiger partial charge is 0.322 e. The quantitative estimate of drug-likeness (QED) is 0.831. The maximum atomic E-state index is 12.0. The SMILES string of the molecule is O=C(Nc1ccc(S(=O)(=O)Cl)cc1)c1cc(Cl)cc(Cl)c1. The molecule has 0 unspecified atom stereocenters. The fourth-order valence-electron chi connectivity index (χ4n) is 1.59. The van der Waals surface area contributed by atoms with Crippen LogP contribution in [0.5, 0.6) is 0 Å². The Kier molecular flexibility index (Phi) is 4.78. The van der Waals surface area contributed by atoms with Crippen LogP contribution in [-0.4, -0.2) is 14.3 Å². The van der Waals surface area contributed by atoms with Crippen LogP contribution in [0.3, 0.4) is 0 Å². The van der Waals surface area contributed by atoms with Gasteiger partial charge in [-0.05, 0) is 42.5 Å². The Morgan fingerprint density at radius 1 is 0.952 bits per heavy atom. The first-order chi connectivity index (χ1) is 9.75. The van der Waals surface area contributed by atoms with E-state index in [1.54, 1.807) is 0 Å². The van der Waals surface area contributed by atoms with E-state index in [0.29, 0.717) is 21.3 Å². The van der Waals surface area contributed by atoms with Gasteiger partial charge in [0, 0.05) is 32.0 Å². The Balaban J connectivity index is 2.20. The number of benzene rings is 2. The molecule has 0 aliphatic carbocycles. The highest BCUT2D eigenvalue weighted by molar-refractivity contribution is 8.13. The lowest BCUT2D eigenvalue weighted by Gasteiger charge is -2.06. The maximum Gasteiger partial charge on any atom is 0.261 e. The summed E-state index contributed by atoms with van der Waals surface area (Å²) in [7, 11) is 1.42. The molecule has 110 valence electrons. The molecule has 2 aromatic rings. The van der Waals surface area contributed by atoms with Crippen molar-refractivity contribution in [2.45, 2.75) is 4.90 Å². The molecule has 4 nitrogen and oxygen atoms in total. The minimum absolute atomic E-state index is 0.0482. The fraction of sp³-hybridized carbons (Fsp3) is 0. The third-order valence-corrected chi connectivity index (χ3v) is 4.32. The van der Waals surface area contributed by atoms with Crippen LogP contribution in [0.15, 0.2) is 47.4 Å². The molecule has 8 heteroatoms. The number of carbonyl (C=O) groups is 1. The van der Waals surface area contributed by atoms with Gasteiger partial charge in [0.2, 0.25) is 0 Å². The van der Waals surface area contributed by atoms with Crippen LogP contribution in [0.4, 0.5) is 5.69 Å². The van der Waals surface area contributed by atoms with Crippen molar-refractivity contribution in [2.24, 2.45) is 0 Å². The van der Waals surface area contributed by atoms with Crippen molar-refractivity contribution >= 4 is 54.5 Å². The summed E-state index contributed by atoms with van der Waals surface area (Å²) >= 11 is 11.6. The van der Waals surface area contributed by atoms with Crippen LogP contribution < -0.4 is 5.32 Å². The third kappa shape index (κ3) is 4.35. The zero-order chi connectivity index (χ0) is 15.6. The predicted octanol–water partition coefficient (Wildman–Crippen LogP) is 4.17. The van der Waals surface area contributed by atoms with E-state index in [1.165, 1.54) is 42.5 Å². The lowest BCUT2D eigenvalue weighted by molar-refractivity contribution is 0.102. The first kappa shape index (κ1) is 16.1. The monoisotopic (exact) mass is 363 g/mol. The average molecular weight is 365 g/mol. The van der Waals surface area contributed by atoms with Crippen LogP contribution in [0.2, 0.25) is 10.0 Å². The second kappa shape index (κ2) is 6.23. The summed E-state index contributed by atoms with van der Waals surface area (Å²) in [6.45, 7) is 0. The Morgan fingerprint density at radius 3 is 1.95 bits per heavy atom. The number of amides is 1. The molecular weight excluding hydrogens is 357 g/mol. The van der Waals surface area contributed by atoms with E-state index in [1.807, 2.05) is 0 Å². The van der Waals surface area contributed by atoms with Gasteiger partial charge >= 0.3 is 0 Å². The van der Waals surface area contributed by atoms with E-state index < -0.39 is 15.0 Å². The Bertz CT molecular complexity index is 769. The van der Waals surface area contributed by atoms with E-state index in [0.717, 1.165) is 0 Å². The highest BCUT2D eigenvalue weighted by atomic mass is 35.7. The van der Waals surface area contributed by atoms with Crippen molar-refractivity contribution in [1.29, 1.82) is 0 Å². The first-order valence-corrected chi connectivity index (χ1v) is 8.64. The van der Waals surface area contributed by atoms with Crippen LogP contribution in [-0.2, 0) is 9.05 Å². The van der Waals surface area contributed by atoms with E-state index in [2.05, 4.69) is 5.32 Å². The molecule has 0 aliphatic rings. The summed E-state index contributed by atoms with van der Waals surface area (Å²) in [6.07, 6.45) is 0. The second-order valence-electron chi connectivity index (χ2n) is 4.07. The lowest BCUT2D eigenvalue weighted by Crippen LogP contribution is -2.11. The highest BCUT2D eigenvalue weighted by Crippen LogP contribution is 2.21. The summed E-state index contributed by atoms with van der Waals surface area (Å²) in [4.78, 5) is 12.0. The number of carbonyl (C=O) groups excluding carboxylic acids is 1. The van der Waals surface area contributed by atoms with E-state index in [-0.39, 0.29) is 4.90 Å². The zero-order valence-electron chi connectivity index (χ0n) is 10.3. The molecule has 0 aliphatic heterocycles. The minimum atomic E-state index is -3.79. The van der Waals surface area contributed by atoms with Crippen molar-refractivity contribution in [1.82, 2.24) is 0 Å². The number of halogens is 3. The molecule has 2 rings (SSSR count). The average Bonchev–Trinajstić information content (AvgIpc) is 2.37. The normalized spacial score (nSPS) is 11.2. The van der Waals surface area contributed by atoms with Crippen molar-refractivity contribution < 1.29 is 13.2 Å². The zero-order valence-corrected chi connectivity index (χ0v) is 13.4. The molecule has 0 bridgehead atoms. The van der Waals surface area contributed by atoms with Gasteiger partial charge in [0.05, 0.1) is 4.90 Å². The summed E-state index contributed by atoms with van der Waals surface area (Å²) < 4.78 is 22.2. The molecule has 0 spiro atoms. The molecule has 1 N–H and O–H groups in total. The molecule has 0 saturated carbocycles. The van der Waals surface area contributed by atoms with Gasteiger partial charge in [-0.2, -0.15) is 0 Å².